The van der Waals surface area contributed by atoms with Gasteiger partial charge in [0.1, 0.15) is 5.75 Å². The zero-order chi connectivity index (χ0) is 24.9. The van der Waals surface area contributed by atoms with Crippen molar-refractivity contribution in [2.75, 3.05) is 45.4 Å². The molecule has 8 nitrogen and oxygen atoms in total. The van der Waals surface area contributed by atoms with Crippen molar-refractivity contribution in [3.8, 4) is 11.5 Å². The number of ketones is 1. The highest BCUT2D eigenvalue weighted by Gasteiger charge is 2.23. The number of carbonyl (C=O) groups excluding carboxylic acids is 2. The van der Waals surface area contributed by atoms with E-state index >= 15 is 0 Å². The Kier molecular flexibility index (Phi) is 7.67. The van der Waals surface area contributed by atoms with Crippen molar-refractivity contribution >= 4 is 38.4 Å². The van der Waals surface area contributed by atoms with Crippen molar-refractivity contribution in [3.63, 3.8) is 0 Å². The number of rotatable bonds is 8. The molecule has 0 unspecified atom stereocenters. The van der Waals surface area contributed by atoms with Gasteiger partial charge in [-0.3, -0.25) is 9.59 Å². The van der Waals surface area contributed by atoms with E-state index in [9.17, 15) is 9.59 Å². The van der Waals surface area contributed by atoms with Gasteiger partial charge in [0.2, 0.25) is 5.13 Å². The minimum atomic E-state index is -0.305. The lowest BCUT2D eigenvalue weighted by Gasteiger charge is -2.31. The number of ether oxygens (including phenoxy) is 1. The Balaban J connectivity index is 1.60. The number of aryl methyl sites for hydroxylation is 1. The van der Waals surface area contributed by atoms with Crippen LogP contribution in [0.3, 0.4) is 0 Å². The maximum Gasteiger partial charge on any atom is 0.259 e. The summed E-state index contributed by atoms with van der Waals surface area (Å²) in [5.41, 5.74) is 2.04. The molecule has 0 saturated carbocycles. The number of hydrogen-bond donors (Lipinski definition) is 0. The third-order valence-corrected chi connectivity index (χ3v) is 6.94. The van der Waals surface area contributed by atoms with Gasteiger partial charge in [-0.15, -0.1) is 5.06 Å². The third kappa shape index (κ3) is 5.63. The van der Waals surface area contributed by atoms with E-state index in [0.717, 1.165) is 42.0 Å². The molecule has 4 rings (SSSR count). The second kappa shape index (κ2) is 10.9. The lowest BCUT2D eigenvalue weighted by Crippen LogP contribution is -2.41. The molecule has 0 aliphatic carbocycles. The predicted molar refractivity (Wildman–Crippen MR) is 138 cm³/mol. The number of piperazine rings is 1. The maximum absolute atomic E-state index is 13.0. The normalized spacial score (nSPS) is 14.5. The lowest BCUT2D eigenvalue weighted by molar-refractivity contribution is -0.120. The van der Waals surface area contributed by atoms with Crippen LogP contribution in [-0.4, -0.2) is 66.8 Å². The smallest absolute Gasteiger partial charge is 0.259 e. The summed E-state index contributed by atoms with van der Waals surface area (Å²) < 4.78 is 6.49. The number of aromatic nitrogens is 1. The quantitative estimate of drug-likeness (QED) is 0.264. The molecule has 1 saturated heterocycles. The Morgan fingerprint density at radius 3 is 2.54 bits per heavy atom. The number of thiazole rings is 1. The molecule has 0 N–H and O–H groups in total. The number of methoxy groups -OCH3 is 1. The highest BCUT2D eigenvalue weighted by molar-refractivity contribution is 7.22. The van der Waals surface area contributed by atoms with Crippen molar-refractivity contribution in [2.24, 2.45) is 0 Å². The fourth-order valence-electron chi connectivity index (χ4n) is 3.85. The van der Waals surface area contributed by atoms with Crippen LogP contribution < -0.4 is 14.6 Å². The van der Waals surface area contributed by atoms with E-state index in [1.165, 1.54) is 30.4 Å². The van der Waals surface area contributed by atoms with Gasteiger partial charge in [0.05, 0.1) is 22.9 Å². The molecule has 0 spiro atoms. The first kappa shape index (κ1) is 24.7. The van der Waals surface area contributed by atoms with Crippen molar-refractivity contribution < 1.29 is 19.2 Å². The number of hydrogen-bond acceptors (Lipinski definition) is 8. The number of likely N-dealkylation sites (N-methyl/N-ethyl adjacent to an activating group) is 1. The molecule has 1 aromatic heterocycles. The SMILES string of the molecule is CCc1cc(C(=O)/C=C/N2CCN(C)CC2)c(OC)cc1ON(C(C)=O)c1nc2ccccc2s1. The number of hydroxylamine groups is 1. The summed E-state index contributed by atoms with van der Waals surface area (Å²) in [7, 11) is 3.61. The summed E-state index contributed by atoms with van der Waals surface area (Å²) >= 11 is 1.37. The van der Waals surface area contributed by atoms with Crippen molar-refractivity contribution in [2.45, 2.75) is 20.3 Å². The molecule has 9 heteroatoms. The van der Waals surface area contributed by atoms with Crippen LogP contribution in [0.2, 0.25) is 0 Å². The largest absolute Gasteiger partial charge is 0.496 e. The van der Waals surface area contributed by atoms with Crippen LogP contribution in [0.25, 0.3) is 10.2 Å². The minimum absolute atomic E-state index is 0.142. The van der Waals surface area contributed by atoms with Gasteiger partial charge in [-0.25, -0.2) is 4.98 Å². The summed E-state index contributed by atoms with van der Waals surface area (Å²) in [6.45, 7) is 7.10. The van der Waals surface area contributed by atoms with Gasteiger partial charge >= 0.3 is 0 Å². The third-order valence-electron chi connectivity index (χ3n) is 5.94. The van der Waals surface area contributed by atoms with E-state index in [4.69, 9.17) is 9.57 Å². The average molecular weight is 495 g/mol. The Morgan fingerprint density at radius 1 is 1.14 bits per heavy atom. The van der Waals surface area contributed by atoms with Crippen molar-refractivity contribution in [1.29, 1.82) is 0 Å². The van der Waals surface area contributed by atoms with E-state index in [2.05, 4.69) is 21.8 Å². The van der Waals surface area contributed by atoms with E-state index < -0.39 is 0 Å². The molecule has 0 radical (unpaired) electrons. The highest BCUT2D eigenvalue weighted by atomic mass is 32.1. The maximum atomic E-state index is 13.0. The highest BCUT2D eigenvalue weighted by Crippen LogP contribution is 2.34. The van der Waals surface area contributed by atoms with Crippen LogP contribution in [0.5, 0.6) is 11.5 Å². The Labute approximate surface area is 209 Å². The summed E-state index contributed by atoms with van der Waals surface area (Å²) in [5, 5.41) is 1.63. The van der Waals surface area contributed by atoms with Gasteiger partial charge in [-0.1, -0.05) is 30.4 Å². The van der Waals surface area contributed by atoms with Crippen LogP contribution in [0, 0.1) is 0 Å². The van der Waals surface area contributed by atoms with E-state index in [0.29, 0.717) is 28.6 Å². The first-order chi connectivity index (χ1) is 16.9. The van der Waals surface area contributed by atoms with Crippen molar-refractivity contribution in [1.82, 2.24) is 14.8 Å². The molecule has 1 amide bonds. The zero-order valence-electron chi connectivity index (χ0n) is 20.5. The summed E-state index contributed by atoms with van der Waals surface area (Å²) in [5.74, 6) is 0.383. The molecule has 3 aromatic rings. The Morgan fingerprint density at radius 2 is 1.89 bits per heavy atom. The fourth-order valence-corrected chi connectivity index (χ4v) is 4.80. The Hall–Kier alpha value is -3.43. The topological polar surface area (TPSA) is 75.2 Å². The molecule has 1 aliphatic heterocycles. The van der Waals surface area contributed by atoms with Gasteiger partial charge in [0.25, 0.3) is 5.91 Å². The standard InChI is InChI=1S/C26H30N4O4S/c1-5-19-16-20(22(32)10-11-29-14-12-28(3)13-15-29)24(33-4)17-23(19)34-30(18(2)31)26-27-21-8-6-7-9-25(21)35-26/h6-11,16-17H,5,12-15H2,1-4H3/b11-10+. The summed E-state index contributed by atoms with van der Waals surface area (Å²) in [6, 6.07) is 11.1. The van der Waals surface area contributed by atoms with E-state index in [-0.39, 0.29) is 11.7 Å². The second-order valence-electron chi connectivity index (χ2n) is 8.40. The number of amides is 1. The van der Waals surface area contributed by atoms with Crippen LogP contribution in [-0.2, 0) is 11.2 Å². The van der Waals surface area contributed by atoms with Crippen LogP contribution in [0.15, 0.2) is 48.7 Å². The molecule has 184 valence electrons. The van der Waals surface area contributed by atoms with Gasteiger partial charge < -0.3 is 19.4 Å². The van der Waals surface area contributed by atoms with Crippen LogP contribution in [0.4, 0.5) is 5.13 Å². The molecule has 0 atom stereocenters. The first-order valence-electron chi connectivity index (χ1n) is 11.6. The van der Waals surface area contributed by atoms with E-state index in [1.807, 2.05) is 37.4 Å². The summed E-state index contributed by atoms with van der Waals surface area (Å²) in [4.78, 5) is 40.5. The monoisotopic (exact) mass is 494 g/mol. The number of para-hydroxylation sites is 1. The fraction of sp³-hybridized carbons (Fsp3) is 0.346. The molecule has 35 heavy (non-hydrogen) atoms. The predicted octanol–water partition coefficient (Wildman–Crippen LogP) is 4.16. The van der Waals surface area contributed by atoms with Crippen LogP contribution in [0.1, 0.15) is 29.8 Å². The van der Waals surface area contributed by atoms with Gasteiger partial charge in [-0.2, -0.15) is 0 Å². The zero-order valence-corrected chi connectivity index (χ0v) is 21.3. The van der Waals surface area contributed by atoms with Gasteiger partial charge in [0, 0.05) is 51.4 Å². The number of nitrogens with zero attached hydrogens (tertiary/aromatic N) is 4. The average Bonchev–Trinajstić information content (AvgIpc) is 3.29. The number of carbonyl (C=O) groups is 2. The molecule has 2 aromatic carbocycles. The molecule has 1 fully saturated rings. The minimum Gasteiger partial charge on any atom is -0.496 e. The lowest BCUT2D eigenvalue weighted by atomic mass is 10.0. The number of anilines is 1. The van der Waals surface area contributed by atoms with Gasteiger partial charge in [-0.05, 0) is 37.2 Å². The number of fused-ring (bicyclic) bond motifs is 1. The number of allylic oxidation sites excluding steroid dienone is 1. The second-order valence-corrected chi connectivity index (χ2v) is 9.41. The molecular weight excluding hydrogens is 464 g/mol. The van der Waals surface area contributed by atoms with Gasteiger partial charge in [0.15, 0.2) is 11.5 Å². The molecule has 1 aliphatic rings. The molecular formula is C26H30N4O4S. The number of benzene rings is 2. The molecule has 2 heterocycles. The first-order valence-corrected chi connectivity index (χ1v) is 12.4. The Bertz CT molecular complexity index is 1210. The van der Waals surface area contributed by atoms with Crippen molar-refractivity contribution in [3.05, 3.63) is 59.8 Å². The van der Waals surface area contributed by atoms with Crippen LogP contribution >= 0.6 is 11.3 Å². The van der Waals surface area contributed by atoms with E-state index in [1.54, 1.807) is 18.2 Å². The molecule has 0 bridgehead atoms. The summed E-state index contributed by atoms with van der Waals surface area (Å²) in [6.07, 6.45) is 4.05.